The second-order valence-electron chi connectivity index (χ2n) is 5.64. The Morgan fingerprint density at radius 3 is 2.35 bits per heavy atom. The van der Waals surface area contributed by atoms with Crippen molar-refractivity contribution in [3.8, 4) is 0 Å². The van der Waals surface area contributed by atoms with Gasteiger partial charge in [-0.25, -0.2) is 13.1 Å². The lowest BCUT2D eigenvalue weighted by Crippen LogP contribution is -2.24. The summed E-state index contributed by atoms with van der Waals surface area (Å²) in [5.74, 6) is 0. The molecular formula is C17H24N2O2S2. The van der Waals surface area contributed by atoms with Gasteiger partial charge in [-0.2, -0.15) is 0 Å². The normalized spacial score (nSPS) is 11.6. The molecule has 0 saturated heterocycles. The highest BCUT2D eigenvalue weighted by Crippen LogP contribution is 2.21. The third kappa shape index (κ3) is 5.06. The molecule has 1 aromatic carbocycles. The van der Waals surface area contributed by atoms with Gasteiger partial charge in [0.25, 0.3) is 0 Å². The first-order valence-corrected chi connectivity index (χ1v) is 10.1. The van der Waals surface area contributed by atoms with Gasteiger partial charge in [0.2, 0.25) is 10.0 Å². The molecule has 0 amide bonds. The van der Waals surface area contributed by atoms with Crippen LogP contribution in [-0.4, -0.2) is 29.1 Å². The number of anilines is 1. The quantitative estimate of drug-likeness (QED) is 0.742. The van der Waals surface area contributed by atoms with E-state index in [9.17, 15) is 8.42 Å². The number of thiophene rings is 1. The molecule has 0 aliphatic heterocycles. The maximum absolute atomic E-state index is 12.2. The Hall–Kier alpha value is -1.37. The van der Waals surface area contributed by atoms with Gasteiger partial charge in [0.15, 0.2) is 0 Å². The Morgan fingerprint density at radius 1 is 1.09 bits per heavy atom. The summed E-state index contributed by atoms with van der Waals surface area (Å²) in [6, 6.07) is 11.9. The monoisotopic (exact) mass is 352 g/mol. The fourth-order valence-electron chi connectivity index (χ4n) is 2.22. The van der Waals surface area contributed by atoms with Crippen LogP contribution in [0.25, 0.3) is 0 Å². The van der Waals surface area contributed by atoms with E-state index in [4.69, 9.17) is 0 Å². The largest absolute Gasteiger partial charge is 0.378 e. The molecule has 0 aliphatic carbocycles. The van der Waals surface area contributed by atoms with E-state index >= 15 is 0 Å². The number of rotatable bonds is 8. The van der Waals surface area contributed by atoms with Crippen LogP contribution in [0, 0.1) is 0 Å². The Bertz CT molecular complexity index is 719. The molecule has 0 saturated carbocycles. The third-order valence-corrected chi connectivity index (χ3v) is 6.82. The van der Waals surface area contributed by atoms with Gasteiger partial charge >= 0.3 is 0 Å². The first kappa shape index (κ1) is 18.0. The Balaban J connectivity index is 1.82. The molecule has 6 heteroatoms. The van der Waals surface area contributed by atoms with E-state index in [0.717, 1.165) is 24.1 Å². The Morgan fingerprint density at radius 2 is 1.78 bits per heavy atom. The summed E-state index contributed by atoms with van der Waals surface area (Å²) < 4.78 is 27.5. The average Bonchev–Trinajstić information content (AvgIpc) is 3.02. The molecule has 4 nitrogen and oxygen atoms in total. The highest BCUT2D eigenvalue weighted by Gasteiger charge is 2.15. The topological polar surface area (TPSA) is 49.4 Å². The van der Waals surface area contributed by atoms with Crippen molar-refractivity contribution >= 4 is 27.0 Å². The molecule has 0 radical (unpaired) electrons. The van der Waals surface area contributed by atoms with Crippen molar-refractivity contribution in [1.82, 2.24) is 4.72 Å². The van der Waals surface area contributed by atoms with Crippen molar-refractivity contribution in [2.75, 3.05) is 25.5 Å². The minimum absolute atomic E-state index is 0.407. The van der Waals surface area contributed by atoms with Crippen LogP contribution in [0.1, 0.15) is 23.8 Å². The lowest BCUT2D eigenvalue weighted by atomic mass is 10.1. The standard InChI is InChI=1S/C17H24N2O2S2/c1-4-16-11-12-17(22-16)23(20,21)18-13-5-6-14-7-9-15(10-8-14)19(2)3/h7-12,18H,4-6,13H2,1-3H3. The van der Waals surface area contributed by atoms with Crippen LogP contribution in [0.3, 0.4) is 0 Å². The molecule has 0 aliphatic rings. The summed E-state index contributed by atoms with van der Waals surface area (Å²) in [7, 11) is 0.664. The Kier molecular flexibility index (Phi) is 6.21. The number of hydrogen-bond acceptors (Lipinski definition) is 4. The van der Waals surface area contributed by atoms with Crippen LogP contribution in [0.15, 0.2) is 40.6 Å². The number of benzene rings is 1. The number of hydrogen-bond donors (Lipinski definition) is 1. The van der Waals surface area contributed by atoms with Crippen molar-refractivity contribution in [2.45, 2.75) is 30.4 Å². The summed E-state index contributed by atoms with van der Waals surface area (Å²) in [6.45, 7) is 2.48. The van der Waals surface area contributed by atoms with Crippen LogP contribution in [0.2, 0.25) is 0 Å². The lowest BCUT2D eigenvalue weighted by molar-refractivity contribution is 0.581. The predicted octanol–water partition coefficient (Wildman–Crippen LogP) is 3.29. The molecule has 2 rings (SSSR count). The summed E-state index contributed by atoms with van der Waals surface area (Å²) >= 11 is 1.34. The van der Waals surface area contributed by atoms with E-state index in [0.29, 0.717) is 10.8 Å². The zero-order chi connectivity index (χ0) is 16.9. The molecule has 23 heavy (non-hydrogen) atoms. The van der Waals surface area contributed by atoms with Crippen molar-refractivity contribution < 1.29 is 8.42 Å². The molecule has 2 aromatic rings. The molecule has 0 unspecified atom stereocenters. The van der Waals surface area contributed by atoms with E-state index in [1.54, 1.807) is 6.07 Å². The number of sulfonamides is 1. The van der Waals surface area contributed by atoms with E-state index < -0.39 is 10.0 Å². The first-order valence-electron chi connectivity index (χ1n) is 7.77. The van der Waals surface area contributed by atoms with Gasteiger partial charge in [-0.05, 0) is 49.1 Å². The van der Waals surface area contributed by atoms with Gasteiger partial charge in [0, 0.05) is 31.2 Å². The van der Waals surface area contributed by atoms with Crippen LogP contribution in [0.4, 0.5) is 5.69 Å². The second kappa shape index (κ2) is 7.95. The number of nitrogens with one attached hydrogen (secondary N) is 1. The molecule has 0 spiro atoms. The van der Waals surface area contributed by atoms with Gasteiger partial charge in [0.05, 0.1) is 0 Å². The lowest BCUT2D eigenvalue weighted by Gasteiger charge is -2.12. The number of nitrogens with zero attached hydrogens (tertiary/aromatic N) is 1. The van der Waals surface area contributed by atoms with E-state index in [1.165, 1.54) is 22.6 Å². The zero-order valence-electron chi connectivity index (χ0n) is 13.9. The fraction of sp³-hybridized carbons (Fsp3) is 0.412. The summed E-state index contributed by atoms with van der Waals surface area (Å²) in [5, 5.41) is 0. The SMILES string of the molecule is CCc1ccc(S(=O)(=O)NCCCc2ccc(N(C)C)cc2)s1. The molecule has 0 atom stereocenters. The van der Waals surface area contributed by atoms with Crippen LogP contribution in [0.5, 0.6) is 0 Å². The van der Waals surface area contributed by atoms with Gasteiger partial charge in [-0.15, -0.1) is 11.3 Å². The van der Waals surface area contributed by atoms with Crippen molar-refractivity contribution in [2.24, 2.45) is 0 Å². The smallest absolute Gasteiger partial charge is 0.250 e. The average molecular weight is 353 g/mol. The molecule has 1 N–H and O–H groups in total. The van der Waals surface area contributed by atoms with Crippen LogP contribution < -0.4 is 9.62 Å². The molecule has 0 bridgehead atoms. The van der Waals surface area contributed by atoms with Gasteiger partial charge in [0.1, 0.15) is 4.21 Å². The number of aryl methyl sites for hydroxylation is 2. The minimum Gasteiger partial charge on any atom is -0.378 e. The van der Waals surface area contributed by atoms with Crippen molar-refractivity contribution in [3.05, 3.63) is 46.8 Å². The molecule has 1 aromatic heterocycles. The van der Waals surface area contributed by atoms with Gasteiger partial charge in [-0.3, -0.25) is 0 Å². The summed E-state index contributed by atoms with van der Waals surface area (Å²) in [5.41, 5.74) is 2.39. The van der Waals surface area contributed by atoms with Crippen molar-refractivity contribution in [1.29, 1.82) is 0 Å². The maximum atomic E-state index is 12.2. The van der Waals surface area contributed by atoms with E-state index in [-0.39, 0.29) is 0 Å². The molecule has 126 valence electrons. The van der Waals surface area contributed by atoms with Crippen LogP contribution in [-0.2, 0) is 22.9 Å². The van der Waals surface area contributed by atoms with Crippen LogP contribution >= 0.6 is 11.3 Å². The highest BCUT2D eigenvalue weighted by atomic mass is 32.2. The summed E-state index contributed by atoms with van der Waals surface area (Å²) in [6.07, 6.45) is 2.51. The second-order valence-corrected chi connectivity index (χ2v) is 8.80. The first-order chi connectivity index (χ1) is 10.9. The summed E-state index contributed by atoms with van der Waals surface area (Å²) in [4.78, 5) is 3.15. The fourth-order valence-corrected chi connectivity index (χ4v) is 4.64. The minimum atomic E-state index is -3.36. The van der Waals surface area contributed by atoms with Crippen molar-refractivity contribution in [3.63, 3.8) is 0 Å². The third-order valence-electron chi connectivity index (χ3n) is 3.64. The highest BCUT2D eigenvalue weighted by molar-refractivity contribution is 7.91. The Labute approximate surface area is 143 Å². The zero-order valence-corrected chi connectivity index (χ0v) is 15.5. The van der Waals surface area contributed by atoms with Gasteiger partial charge in [-0.1, -0.05) is 19.1 Å². The molecule has 1 heterocycles. The van der Waals surface area contributed by atoms with E-state index in [1.807, 2.05) is 27.1 Å². The maximum Gasteiger partial charge on any atom is 0.250 e. The van der Waals surface area contributed by atoms with E-state index in [2.05, 4.69) is 33.9 Å². The molecule has 0 fully saturated rings. The predicted molar refractivity (Wildman–Crippen MR) is 98.0 cm³/mol. The molecular weight excluding hydrogens is 328 g/mol. The van der Waals surface area contributed by atoms with Gasteiger partial charge < -0.3 is 4.90 Å².